The molecule has 3 aromatic carbocycles. The maximum absolute atomic E-state index is 13.5. The molecule has 1 heterocycles. The third-order valence-electron chi connectivity index (χ3n) is 4.47. The molecule has 0 aliphatic rings. The van der Waals surface area contributed by atoms with E-state index in [2.05, 4.69) is 10.4 Å². The Morgan fingerprint density at radius 2 is 1.67 bits per heavy atom. The summed E-state index contributed by atoms with van der Waals surface area (Å²) in [5, 5.41) is 16.3. The van der Waals surface area contributed by atoms with Gasteiger partial charge in [0.1, 0.15) is 11.5 Å². The highest BCUT2D eigenvalue weighted by atomic mass is 19.1. The van der Waals surface area contributed by atoms with Gasteiger partial charge in [-0.2, -0.15) is 5.10 Å². The number of carboxylic acid groups (broad SMARTS) is 1. The van der Waals surface area contributed by atoms with Crippen LogP contribution in [0.2, 0.25) is 0 Å². The Morgan fingerprint density at radius 3 is 2.33 bits per heavy atom. The molecular formula is C23H16FN3O3. The van der Waals surface area contributed by atoms with E-state index >= 15 is 0 Å². The fourth-order valence-electron chi connectivity index (χ4n) is 3.00. The standard InChI is InChI=1S/C23H16FN3O3/c24-17-5-4-6-18(13-17)25-22(28)20-14-27(19-7-2-1-3-8-19)26-21(20)15-9-11-16(12-10-15)23(29)30/h1-14H,(H,25,28)(H,29,30). The fourth-order valence-corrected chi connectivity index (χ4v) is 3.00. The molecule has 0 saturated carbocycles. The third-order valence-corrected chi connectivity index (χ3v) is 4.47. The van der Waals surface area contributed by atoms with E-state index in [4.69, 9.17) is 5.11 Å². The molecule has 2 N–H and O–H groups in total. The number of para-hydroxylation sites is 1. The van der Waals surface area contributed by atoms with Gasteiger partial charge < -0.3 is 10.4 Å². The predicted octanol–water partition coefficient (Wildman–Crippen LogP) is 4.63. The van der Waals surface area contributed by atoms with Gasteiger partial charge >= 0.3 is 5.97 Å². The number of anilines is 1. The lowest BCUT2D eigenvalue weighted by Gasteiger charge is -2.06. The Kier molecular flexibility index (Phi) is 5.09. The first-order chi connectivity index (χ1) is 14.5. The summed E-state index contributed by atoms with van der Waals surface area (Å²) >= 11 is 0. The van der Waals surface area contributed by atoms with E-state index in [-0.39, 0.29) is 11.1 Å². The van der Waals surface area contributed by atoms with Crippen molar-refractivity contribution in [1.82, 2.24) is 9.78 Å². The van der Waals surface area contributed by atoms with Crippen LogP contribution in [0.5, 0.6) is 0 Å². The Bertz CT molecular complexity index is 1220. The average Bonchev–Trinajstić information content (AvgIpc) is 3.20. The summed E-state index contributed by atoms with van der Waals surface area (Å²) in [5.41, 5.74) is 2.44. The van der Waals surface area contributed by atoms with Crippen LogP contribution in [0.3, 0.4) is 0 Å². The first-order valence-electron chi connectivity index (χ1n) is 9.07. The van der Waals surface area contributed by atoms with Crippen LogP contribution in [0.15, 0.2) is 85.1 Å². The monoisotopic (exact) mass is 401 g/mol. The van der Waals surface area contributed by atoms with Crippen molar-refractivity contribution in [2.45, 2.75) is 0 Å². The number of aromatic carboxylic acids is 1. The highest BCUT2D eigenvalue weighted by molar-refractivity contribution is 6.08. The molecule has 30 heavy (non-hydrogen) atoms. The smallest absolute Gasteiger partial charge is 0.335 e. The number of nitrogens with one attached hydrogen (secondary N) is 1. The van der Waals surface area contributed by atoms with Crippen molar-refractivity contribution in [2.75, 3.05) is 5.32 Å². The van der Waals surface area contributed by atoms with E-state index < -0.39 is 17.7 Å². The van der Waals surface area contributed by atoms with Gasteiger partial charge in [-0.05, 0) is 42.5 Å². The molecule has 6 nitrogen and oxygen atoms in total. The zero-order valence-electron chi connectivity index (χ0n) is 15.6. The molecule has 0 fully saturated rings. The molecule has 0 saturated heterocycles. The molecule has 4 aromatic rings. The van der Waals surface area contributed by atoms with Gasteiger partial charge in [0, 0.05) is 17.4 Å². The number of aromatic nitrogens is 2. The van der Waals surface area contributed by atoms with Crippen LogP contribution in [0.25, 0.3) is 16.9 Å². The van der Waals surface area contributed by atoms with Crippen molar-refractivity contribution >= 4 is 17.6 Å². The normalized spacial score (nSPS) is 10.6. The van der Waals surface area contributed by atoms with E-state index in [0.717, 1.165) is 5.69 Å². The molecule has 1 amide bonds. The predicted molar refractivity (Wildman–Crippen MR) is 110 cm³/mol. The van der Waals surface area contributed by atoms with Crippen LogP contribution in [0, 0.1) is 5.82 Å². The van der Waals surface area contributed by atoms with E-state index in [0.29, 0.717) is 16.9 Å². The molecule has 4 rings (SSSR count). The highest BCUT2D eigenvalue weighted by Crippen LogP contribution is 2.25. The Labute approximate surface area is 171 Å². The minimum atomic E-state index is -1.04. The molecule has 0 spiro atoms. The summed E-state index contributed by atoms with van der Waals surface area (Å²) in [6.07, 6.45) is 1.59. The SMILES string of the molecule is O=C(O)c1ccc(-c2nn(-c3ccccc3)cc2C(=O)Nc2cccc(F)c2)cc1. The van der Waals surface area contributed by atoms with E-state index in [1.165, 1.54) is 30.3 Å². The first-order valence-corrected chi connectivity index (χ1v) is 9.07. The summed E-state index contributed by atoms with van der Waals surface area (Å²) in [4.78, 5) is 24.1. The van der Waals surface area contributed by atoms with Gasteiger partial charge in [-0.15, -0.1) is 0 Å². The van der Waals surface area contributed by atoms with Gasteiger partial charge in [-0.1, -0.05) is 36.4 Å². The summed E-state index contributed by atoms with van der Waals surface area (Å²) < 4.78 is 15.0. The van der Waals surface area contributed by atoms with Crippen molar-refractivity contribution in [3.8, 4) is 16.9 Å². The quantitative estimate of drug-likeness (QED) is 0.511. The first kappa shape index (κ1) is 19.1. The van der Waals surface area contributed by atoms with E-state index in [1.54, 1.807) is 29.1 Å². The van der Waals surface area contributed by atoms with Gasteiger partial charge in [-0.25, -0.2) is 13.9 Å². The van der Waals surface area contributed by atoms with Crippen molar-refractivity contribution in [2.24, 2.45) is 0 Å². The average molecular weight is 401 g/mol. The molecular weight excluding hydrogens is 385 g/mol. The van der Waals surface area contributed by atoms with Gasteiger partial charge in [0.15, 0.2) is 0 Å². The van der Waals surface area contributed by atoms with Crippen LogP contribution in [-0.2, 0) is 0 Å². The van der Waals surface area contributed by atoms with Gasteiger partial charge in [0.05, 0.1) is 16.8 Å². The molecule has 0 atom stereocenters. The topological polar surface area (TPSA) is 84.2 Å². The summed E-state index contributed by atoms with van der Waals surface area (Å²) in [5.74, 6) is -1.96. The van der Waals surface area contributed by atoms with E-state index in [9.17, 15) is 14.0 Å². The maximum atomic E-state index is 13.5. The number of rotatable bonds is 5. The summed E-state index contributed by atoms with van der Waals surface area (Å²) in [6.45, 7) is 0. The second-order valence-electron chi connectivity index (χ2n) is 6.52. The number of carbonyl (C=O) groups is 2. The lowest BCUT2D eigenvalue weighted by molar-refractivity contribution is 0.0696. The molecule has 0 radical (unpaired) electrons. The van der Waals surface area contributed by atoms with Crippen LogP contribution >= 0.6 is 0 Å². The molecule has 0 bridgehead atoms. The number of halogens is 1. The van der Waals surface area contributed by atoms with Crippen molar-refractivity contribution in [1.29, 1.82) is 0 Å². The molecule has 0 aliphatic heterocycles. The summed E-state index contributed by atoms with van der Waals surface area (Å²) in [6, 6.07) is 21.0. The second kappa shape index (κ2) is 8.00. The zero-order chi connectivity index (χ0) is 21.1. The Balaban J connectivity index is 1.76. The highest BCUT2D eigenvalue weighted by Gasteiger charge is 2.19. The molecule has 0 aliphatic carbocycles. The third kappa shape index (κ3) is 3.95. The van der Waals surface area contributed by atoms with Gasteiger partial charge in [0.2, 0.25) is 0 Å². The number of amides is 1. The van der Waals surface area contributed by atoms with Crippen molar-refractivity contribution in [3.05, 3.63) is 102 Å². The Morgan fingerprint density at radius 1 is 0.933 bits per heavy atom. The number of carboxylic acids is 1. The number of carbonyl (C=O) groups excluding carboxylic acids is 1. The molecule has 7 heteroatoms. The fraction of sp³-hybridized carbons (Fsp3) is 0. The lowest BCUT2D eigenvalue weighted by atomic mass is 10.1. The lowest BCUT2D eigenvalue weighted by Crippen LogP contribution is -2.12. The maximum Gasteiger partial charge on any atom is 0.335 e. The summed E-state index contributed by atoms with van der Waals surface area (Å²) in [7, 11) is 0. The van der Waals surface area contributed by atoms with E-state index in [1.807, 2.05) is 30.3 Å². The van der Waals surface area contributed by atoms with Gasteiger partial charge in [0.25, 0.3) is 5.91 Å². The zero-order valence-corrected chi connectivity index (χ0v) is 15.6. The molecule has 0 unspecified atom stereocenters. The van der Waals surface area contributed by atoms with Crippen LogP contribution in [-0.4, -0.2) is 26.8 Å². The van der Waals surface area contributed by atoms with Crippen LogP contribution in [0.4, 0.5) is 10.1 Å². The largest absolute Gasteiger partial charge is 0.478 e. The van der Waals surface area contributed by atoms with Crippen molar-refractivity contribution < 1.29 is 19.1 Å². The van der Waals surface area contributed by atoms with Crippen LogP contribution in [0.1, 0.15) is 20.7 Å². The Hall–Kier alpha value is -4.26. The minimum absolute atomic E-state index is 0.131. The van der Waals surface area contributed by atoms with Crippen LogP contribution < -0.4 is 5.32 Å². The van der Waals surface area contributed by atoms with Crippen molar-refractivity contribution in [3.63, 3.8) is 0 Å². The number of nitrogens with zero attached hydrogens (tertiary/aromatic N) is 2. The number of benzene rings is 3. The second-order valence-corrected chi connectivity index (χ2v) is 6.52. The molecule has 148 valence electrons. The number of hydrogen-bond acceptors (Lipinski definition) is 3. The molecule has 1 aromatic heterocycles. The minimum Gasteiger partial charge on any atom is -0.478 e. The number of hydrogen-bond donors (Lipinski definition) is 2. The van der Waals surface area contributed by atoms with Gasteiger partial charge in [-0.3, -0.25) is 4.79 Å².